The Hall–Kier alpha value is -2.89. The second-order valence-corrected chi connectivity index (χ2v) is 6.27. The smallest absolute Gasteiger partial charge is 0.242 e. The molecule has 1 aliphatic rings. The number of nitrogens with two attached hydrogens (primary N) is 1. The van der Waals surface area contributed by atoms with Gasteiger partial charge in [-0.25, -0.2) is 4.39 Å². The van der Waals surface area contributed by atoms with Crippen molar-refractivity contribution in [2.75, 3.05) is 11.4 Å². The van der Waals surface area contributed by atoms with E-state index in [4.69, 9.17) is 5.73 Å². The van der Waals surface area contributed by atoms with Gasteiger partial charge in [-0.1, -0.05) is 30.3 Å². The highest BCUT2D eigenvalue weighted by Gasteiger charge is 2.57. The van der Waals surface area contributed by atoms with E-state index in [0.717, 1.165) is 11.6 Å². The molecular weight excluding hydrogens is 323 g/mol. The topological polar surface area (TPSA) is 83.6 Å². The molecule has 0 spiro atoms. The van der Waals surface area contributed by atoms with Crippen LogP contribution in [0.3, 0.4) is 0 Å². The minimum Gasteiger partial charge on any atom is -0.505 e. The van der Waals surface area contributed by atoms with Gasteiger partial charge in [-0.3, -0.25) is 9.59 Å². The van der Waals surface area contributed by atoms with Gasteiger partial charge in [0.2, 0.25) is 11.8 Å². The third-order valence-corrected chi connectivity index (χ3v) is 4.59. The monoisotopic (exact) mass is 342 g/mol. The van der Waals surface area contributed by atoms with E-state index < -0.39 is 28.8 Å². The fraction of sp³-hybridized carbons (Fsp3) is 0.263. The van der Waals surface area contributed by atoms with Gasteiger partial charge in [0.25, 0.3) is 0 Å². The van der Waals surface area contributed by atoms with Gasteiger partial charge in [0, 0.05) is 18.3 Å². The Bertz CT molecular complexity index is 804. The minimum atomic E-state index is -1.19. The molecule has 0 atom stereocenters. The summed E-state index contributed by atoms with van der Waals surface area (Å²) < 4.78 is 13.8. The molecule has 0 bridgehead atoms. The van der Waals surface area contributed by atoms with Crippen LogP contribution in [0.25, 0.3) is 0 Å². The van der Waals surface area contributed by atoms with Crippen LogP contribution in [-0.4, -0.2) is 23.5 Å². The first-order valence-electron chi connectivity index (χ1n) is 8.08. The second kappa shape index (κ2) is 6.55. The third kappa shape index (κ3) is 3.33. The largest absolute Gasteiger partial charge is 0.505 e. The Morgan fingerprint density at radius 1 is 1.16 bits per heavy atom. The second-order valence-electron chi connectivity index (χ2n) is 6.27. The zero-order valence-corrected chi connectivity index (χ0v) is 13.6. The van der Waals surface area contributed by atoms with E-state index in [0.29, 0.717) is 24.9 Å². The number of amides is 2. The zero-order chi connectivity index (χ0) is 18.0. The van der Waals surface area contributed by atoms with Gasteiger partial charge in [0.15, 0.2) is 11.6 Å². The number of phenolic OH excluding ortho intramolecular Hbond substituents is 1. The first kappa shape index (κ1) is 17.0. The maximum atomic E-state index is 13.8. The zero-order valence-electron chi connectivity index (χ0n) is 13.6. The summed E-state index contributed by atoms with van der Waals surface area (Å²) in [5.74, 6) is -2.38. The van der Waals surface area contributed by atoms with Crippen molar-refractivity contribution in [3.05, 3.63) is 59.9 Å². The molecule has 2 aromatic rings. The molecule has 0 aromatic heterocycles. The number of carbonyl (C=O) groups is 2. The van der Waals surface area contributed by atoms with Crippen molar-refractivity contribution in [3.63, 3.8) is 0 Å². The summed E-state index contributed by atoms with van der Waals surface area (Å²) in [5.41, 5.74) is 5.53. The maximum Gasteiger partial charge on any atom is 0.242 e. The van der Waals surface area contributed by atoms with Crippen molar-refractivity contribution in [2.45, 2.75) is 19.3 Å². The molecule has 0 aliphatic heterocycles. The Labute approximate surface area is 144 Å². The van der Waals surface area contributed by atoms with Gasteiger partial charge in [0.1, 0.15) is 5.41 Å². The first-order chi connectivity index (χ1) is 11.9. The number of anilines is 1. The SMILES string of the molecule is NC(=O)C1(C(=O)N(CCc2ccccc2)c2ccc(O)c(F)c2)CC1. The highest BCUT2D eigenvalue weighted by atomic mass is 19.1. The van der Waals surface area contributed by atoms with Crippen LogP contribution in [0.4, 0.5) is 10.1 Å². The molecule has 5 nitrogen and oxygen atoms in total. The fourth-order valence-corrected chi connectivity index (χ4v) is 2.85. The number of primary amides is 1. The number of hydrogen-bond acceptors (Lipinski definition) is 3. The number of carbonyl (C=O) groups excluding carboxylic acids is 2. The normalized spacial score (nSPS) is 14.8. The summed E-state index contributed by atoms with van der Waals surface area (Å²) in [4.78, 5) is 26.0. The highest BCUT2D eigenvalue weighted by molar-refractivity contribution is 6.13. The van der Waals surface area contributed by atoms with Crippen molar-refractivity contribution in [1.82, 2.24) is 0 Å². The average Bonchev–Trinajstić information content (AvgIpc) is 3.41. The Morgan fingerprint density at radius 2 is 1.84 bits per heavy atom. The van der Waals surface area contributed by atoms with Crippen LogP contribution in [0.5, 0.6) is 5.75 Å². The van der Waals surface area contributed by atoms with Gasteiger partial charge in [-0.05, 0) is 37.0 Å². The molecule has 0 unspecified atom stereocenters. The molecule has 0 heterocycles. The van der Waals surface area contributed by atoms with Crippen molar-refractivity contribution < 1.29 is 19.1 Å². The highest BCUT2D eigenvalue weighted by Crippen LogP contribution is 2.47. The predicted octanol–water partition coefficient (Wildman–Crippen LogP) is 2.37. The van der Waals surface area contributed by atoms with Crippen LogP contribution < -0.4 is 10.6 Å². The van der Waals surface area contributed by atoms with E-state index in [1.54, 1.807) is 0 Å². The lowest BCUT2D eigenvalue weighted by Crippen LogP contribution is -2.44. The molecular formula is C19H19FN2O3. The lowest BCUT2D eigenvalue weighted by molar-refractivity contribution is -0.133. The molecule has 25 heavy (non-hydrogen) atoms. The van der Waals surface area contributed by atoms with Crippen LogP contribution >= 0.6 is 0 Å². The fourth-order valence-electron chi connectivity index (χ4n) is 2.85. The molecule has 1 saturated carbocycles. The average molecular weight is 342 g/mol. The molecule has 130 valence electrons. The Balaban J connectivity index is 1.89. The van der Waals surface area contributed by atoms with Crippen LogP contribution in [0.1, 0.15) is 18.4 Å². The number of halogens is 1. The van der Waals surface area contributed by atoms with Gasteiger partial charge in [-0.15, -0.1) is 0 Å². The predicted molar refractivity (Wildman–Crippen MR) is 91.4 cm³/mol. The van der Waals surface area contributed by atoms with Crippen molar-refractivity contribution in [1.29, 1.82) is 0 Å². The number of aromatic hydroxyl groups is 1. The van der Waals surface area contributed by atoms with E-state index in [-0.39, 0.29) is 6.54 Å². The van der Waals surface area contributed by atoms with Crippen molar-refractivity contribution in [3.8, 4) is 5.75 Å². The molecule has 0 radical (unpaired) electrons. The minimum absolute atomic E-state index is 0.280. The lowest BCUT2D eigenvalue weighted by atomic mass is 10.0. The van der Waals surface area contributed by atoms with E-state index in [9.17, 15) is 19.1 Å². The third-order valence-electron chi connectivity index (χ3n) is 4.59. The number of phenols is 1. The molecule has 2 aromatic carbocycles. The van der Waals surface area contributed by atoms with Crippen LogP contribution in [0.2, 0.25) is 0 Å². The molecule has 6 heteroatoms. The maximum absolute atomic E-state index is 13.8. The molecule has 3 N–H and O–H groups in total. The summed E-state index contributed by atoms with van der Waals surface area (Å²) in [6, 6.07) is 13.3. The number of benzene rings is 2. The number of rotatable bonds is 6. The Kier molecular flexibility index (Phi) is 4.44. The van der Waals surface area contributed by atoms with Crippen LogP contribution in [0, 0.1) is 11.2 Å². The van der Waals surface area contributed by atoms with E-state index in [1.807, 2.05) is 30.3 Å². The summed E-state index contributed by atoms with van der Waals surface area (Å²) >= 11 is 0. The number of nitrogens with zero attached hydrogens (tertiary/aromatic N) is 1. The molecule has 1 aliphatic carbocycles. The van der Waals surface area contributed by atoms with Crippen LogP contribution in [-0.2, 0) is 16.0 Å². The summed E-state index contributed by atoms with van der Waals surface area (Å²) in [5, 5.41) is 9.38. The molecule has 3 rings (SSSR count). The summed E-state index contributed by atoms with van der Waals surface area (Å²) in [7, 11) is 0. The van der Waals surface area contributed by atoms with Crippen molar-refractivity contribution in [2.24, 2.45) is 11.1 Å². The van der Waals surface area contributed by atoms with Gasteiger partial charge >= 0.3 is 0 Å². The van der Waals surface area contributed by atoms with E-state index in [1.165, 1.54) is 17.0 Å². The first-order valence-corrected chi connectivity index (χ1v) is 8.08. The van der Waals surface area contributed by atoms with Gasteiger partial charge in [-0.2, -0.15) is 0 Å². The van der Waals surface area contributed by atoms with Gasteiger partial charge < -0.3 is 15.7 Å². The van der Waals surface area contributed by atoms with Crippen LogP contribution in [0.15, 0.2) is 48.5 Å². The van der Waals surface area contributed by atoms with E-state index >= 15 is 0 Å². The van der Waals surface area contributed by atoms with E-state index in [2.05, 4.69) is 0 Å². The molecule has 1 fully saturated rings. The summed E-state index contributed by atoms with van der Waals surface area (Å²) in [6.07, 6.45) is 1.36. The molecule has 0 saturated heterocycles. The quantitative estimate of drug-likeness (QED) is 0.791. The molecule has 2 amide bonds. The standard InChI is InChI=1S/C19H19FN2O3/c20-15-12-14(6-7-16(15)23)22(11-8-13-4-2-1-3-5-13)18(25)19(9-10-19)17(21)24/h1-7,12,23H,8-11H2,(H2,21,24). The van der Waals surface area contributed by atoms with Crippen molar-refractivity contribution >= 4 is 17.5 Å². The lowest BCUT2D eigenvalue weighted by Gasteiger charge is -2.26. The van der Waals surface area contributed by atoms with Gasteiger partial charge in [0.05, 0.1) is 0 Å². The number of hydrogen-bond donors (Lipinski definition) is 2. The summed E-state index contributed by atoms with van der Waals surface area (Å²) in [6.45, 7) is 0.280. The Morgan fingerprint density at radius 3 is 2.40 bits per heavy atom.